The maximum Gasteiger partial charge on any atom is 0.226 e. The molecule has 0 atom stereocenters. The third-order valence-electron chi connectivity index (χ3n) is 2.56. The van der Waals surface area contributed by atoms with Crippen molar-refractivity contribution >= 4 is 11.8 Å². The van der Waals surface area contributed by atoms with E-state index in [1.807, 2.05) is 29.8 Å². The van der Waals surface area contributed by atoms with Gasteiger partial charge in [0.2, 0.25) is 5.95 Å². The van der Waals surface area contributed by atoms with E-state index in [4.69, 9.17) is 11.1 Å². The number of amidine groups is 1. The maximum atomic E-state index is 7.36. The summed E-state index contributed by atoms with van der Waals surface area (Å²) in [4.78, 5) is 14.5. The monoisotopic (exact) mass is 245 g/mol. The summed E-state index contributed by atoms with van der Waals surface area (Å²) in [5.74, 6) is 1.36. The minimum absolute atomic E-state index is 0.0657. The lowest BCUT2D eigenvalue weighted by atomic mass is 10.4. The molecule has 0 unspecified atom stereocenters. The number of imidazole rings is 1. The van der Waals surface area contributed by atoms with Gasteiger partial charge in [0.15, 0.2) is 0 Å². The molecule has 0 amide bonds. The average Bonchev–Trinajstić information content (AvgIpc) is 2.75. The van der Waals surface area contributed by atoms with Crippen LogP contribution in [0.2, 0.25) is 0 Å². The minimum atomic E-state index is -0.0657. The number of hydrogen-bond donors (Lipinski definition) is 2. The summed E-state index contributed by atoms with van der Waals surface area (Å²) in [5.41, 5.74) is 5.82. The van der Waals surface area contributed by atoms with Crippen molar-refractivity contribution in [1.29, 1.82) is 5.41 Å². The number of aromatic nitrogens is 4. The second-order valence-electron chi connectivity index (χ2n) is 3.97. The lowest BCUT2D eigenvalue weighted by Gasteiger charge is -2.16. The number of anilines is 1. The van der Waals surface area contributed by atoms with Crippen LogP contribution in [0.15, 0.2) is 24.7 Å². The zero-order valence-corrected chi connectivity index (χ0v) is 10.3. The van der Waals surface area contributed by atoms with Gasteiger partial charge in [0.1, 0.15) is 17.4 Å². The molecule has 2 heterocycles. The Kier molecular flexibility index (Phi) is 3.22. The van der Waals surface area contributed by atoms with E-state index in [1.165, 1.54) is 0 Å². The third kappa shape index (κ3) is 2.45. The van der Waals surface area contributed by atoms with Crippen LogP contribution >= 0.6 is 0 Å². The first-order chi connectivity index (χ1) is 8.58. The summed E-state index contributed by atoms with van der Waals surface area (Å²) in [6.07, 6.45) is 5.22. The van der Waals surface area contributed by atoms with E-state index in [9.17, 15) is 0 Å². The Morgan fingerprint density at radius 3 is 2.83 bits per heavy atom. The van der Waals surface area contributed by atoms with Crippen LogP contribution in [-0.4, -0.2) is 32.4 Å². The topological polar surface area (TPSA) is 96.7 Å². The molecule has 7 nitrogen and oxygen atoms in total. The van der Waals surface area contributed by atoms with Crippen molar-refractivity contribution in [3.8, 4) is 0 Å². The quantitative estimate of drug-likeness (QED) is 0.589. The molecule has 94 valence electrons. The summed E-state index contributed by atoms with van der Waals surface area (Å²) < 4.78 is 1.94. The van der Waals surface area contributed by atoms with Crippen LogP contribution in [0, 0.1) is 5.41 Å². The largest absolute Gasteiger partial charge is 0.382 e. The highest BCUT2D eigenvalue weighted by Gasteiger charge is 2.09. The number of nitrogens with zero attached hydrogens (tertiary/aromatic N) is 5. The van der Waals surface area contributed by atoms with Gasteiger partial charge in [0.05, 0.1) is 6.54 Å². The van der Waals surface area contributed by atoms with Crippen molar-refractivity contribution in [3.63, 3.8) is 0 Å². The Morgan fingerprint density at radius 1 is 1.44 bits per heavy atom. The van der Waals surface area contributed by atoms with Gasteiger partial charge in [0.25, 0.3) is 0 Å². The molecule has 0 aromatic carbocycles. The van der Waals surface area contributed by atoms with Crippen molar-refractivity contribution in [1.82, 2.24) is 19.5 Å². The minimum Gasteiger partial charge on any atom is -0.382 e. The Morgan fingerprint density at radius 2 is 2.22 bits per heavy atom. The number of hydrogen-bond acceptors (Lipinski definition) is 5. The highest BCUT2D eigenvalue weighted by Crippen LogP contribution is 2.08. The Bertz CT molecular complexity index is 560. The van der Waals surface area contributed by atoms with Crippen LogP contribution in [0.4, 0.5) is 5.95 Å². The third-order valence-corrected chi connectivity index (χ3v) is 2.56. The molecule has 0 fully saturated rings. The molecule has 0 aliphatic rings. The number of nitrogen functional groups attached to an aromatic ring is 1. The van der Waals surface area contributed by atoms with Gasteiger partial charge >= 0.3 is 0 Å². The lowest BCUT2D eigenvalue weighted by molar-refractivity contribution is 0.746. The fourth-order valence-corrected chi connectivity index (χ4v) is 1.51. The molecule has 0 aliphatic heterocycles. The van der Waals surface area contributed by atoms with E-state index in [1.54, 1.807) is 18.5 Å². The zero-order chi connectivity index (χ0) is 13.1. The first-order valence-electron chi connectivity index (χ1n) is 5.42. The van der Waals surface area contributed by atoms with E-state index >= 15 is 0 Å². The smallest absolute Gasteiger partial charge is 0.226 e. The van der Waals surface area contributed by atoms with Crippen LogP contribution in [0.5, 0.6) is 0 Å². The van der Waals surface area contributed by atoms with Gasteiger partial charge in [-0.15, -0.1) is 0 Å². The van der Waals surface area contributed by atoms with Crippen LogP contribution in [0.1, 0.15) is 11.5 Å². The molecular weight excluding hydrogens is 230 g/mol. The predicted octanol–water partition coefficient (Wildman–Crippen LogP) is 0.131. The van der Waals surface area contributed by atoms with Gasteiger partial charge in [-0.3, -0.25) is 5.41 Å². The predicted molar refractivity (Wildman–Crippen MR) is 68.4 cm³/mol. The first-order valence-corrected chi connectivity index (χ1v) is 5.42. The Hall–Kier alpha value is -2.44. The SMILES string of the molecule is CN(Cc1nccn1C)c1nccc(C(=N)N)n1. The van der Waals surface area contributed by atoms with Gasteiger partial charge in [-0.05, 0) is 6.07 Å². The van der Waals surface area contributed by atoms with Crippen molar-refractivity contribution in [2.75, 3.05) is 11.9 Å². The van der Waals surface area contributed by atoms with Crippen molar-refractivity contribution in [2.24, 2.45) is 12.8 Å². The van der Waals surface area contributed by atoms with Crippen LogP contribution in [0.25, 0.3) is 0 Å². The second-order valence-corrected chi connectivity index (χ2v) is 3.97. The highest BCUT2D eigenvalue weighted by atomic mass is 15.2. The molecule has 3 N–H and O–H groups in total. The maximum absolute atomic E-state index is 7.36. The first kappa shape index (κ1) is 12.0. The van der Waals surface area contributed by atoms with Gasteiger partial charge in [-0.25, -0.2) is 15.0 Å². The summed E-state index contributed by atoms with van der Waals surface area (Å²) in [5, 5.41) is 7.36. The standard InChI is InChI=1S/C11H15N7/c1-17-6-5-14-9(17)7-18(2)11-15-4-3-8(16-11)10(12)13/h3-6H,7H2,1-2H3,(H3,12,13). The van der Waals surface area contributed by atoms with Crippen LogP contribution < -0.4 is 10.6 Å². The second kappa shape index (κ2) is 4.82. The summed E-state index contributed by atoms with van der Waals surface area (Å²) >= 11 is 0. The van der Waals surface area contributed by atoms with E-state index in [0.717, 1.165) is 5.82 Å². The number of nitrogens with one attached hydrogen (secondary N) is 1. The average molecular weight is 245 g/mol. The summed E-state index contributed by atoms with van der Waals surface area (Å²) in [6.45, 7) is 0.588. The van der Waals surface area contributed by atoms with Gasteiger partial charge in [-0.2, -0.15) is 0 Å². The van der Waals surface area contributed by atoms with Gasteiger partial charge < -0.3 is 15.2 Å². The van der Waals surface area contributed by atoms with Crippen molar-refractivity contribution in [3.05, 3.63) is 36.2 Å². The van der Waals surface area contributed by atoms with Gasteiger partial charge in [-0.1, -0.05) is 0 Å². The van der Waals surface area contributed by atoms with E-state index in [2.05, 4.69) is 15.0 Å². The van der Waals surface area contributed by atoms with E-state index in [-0.39, 0.29) is 5.84 Å². The molecule has 7 heteroatoms. The Balaban J connectivity index is 2.18. The van der Waals surface area contributed by atoms with Crippen molar-refractivity contribution in [2.45, 2.75) is 6.54 Å². The molecule has 0 radical (unpaired) electrons. The lowest BCUT2D eigenvalue weighted by Crippen LogP contribution is -2.23. The Labute approximate surface area is 105 Å². The molecule has 0 saturated carbocycles. The summed E-state index contributed by atoms with van der Waals surface area (Å²) in [6, 6.07) is 1.61. The zero-order valence-electron chi connectivity index (χ0n) is 10.3. The highest BCUT2D eigenvalue weighted by molar-refractivity contribution is 5.93. The normalized spacial score (nSPS) is 10.3. The molecule has 2 aromatic rings. The summed E-state index contributed by atoms with van der Waals surface area (Å²) in [7, 11) is 3.80. The molecule has 0 aliphatic carbocycles. The molecular formula is C11H15N7. The number of nitrogens with two attached hydrogens (primary N) is 1. The molecule has 0 saturated heterocycles. The molecule has 0 spiro atoms. The van der Waals surface area contributed by atoms with Crippen LogP contribution in [0.3, 0.4) is 0 Å². The molecule has 2 rings (SSSR count). The number of rotatable bonds is 4. The van der Waals surface area contributed by atoms with Gasteiger partial charge in [0, 0.05) is 32.7 Å². The fraction of sp³-hybridized carbons (Fsp3) is 0.273. The molecule has 18 heavy (non-hydrogen) atoms. The number of aryl methyl sites for hydroxylation is 1. The van der Waals surface area contributed by atoms with Crippen LogP contribution in [-0.2, 0) is 13.6 Å². The van der Waals surface area contributed by atoms with E-state index in [0.29, 0.717) is 18.2 Å². The van der Waals surface area contributed by atoms with E-state index < -0.39 is 0 Å². The fourth-order valence-electron chi connectivity index (χ4n) is 1.51. The van der Waals surface area contributed by atoms with Crippen molar-refractivity contribution < 1.29 is 0 Å². The molecule has 2 aromatic heterocycles. The molecule has 0 bridgehead atoms.